The zero-order valence-corrected chi connectivity index (χ0v) is 18.3. The van der Waals surface area contributed by atoms with Gasteiger partial charge in [0.1, 0.15) is 0 Å². The van der Waals surface area contributed by atoms with Crippen molar-refractivity contribution in [2.24, 2.45) is 5.92 Å². The molecule has 0 saturated carbocycles. The van der Waals surface area contributed by atoms with Crippen molar-refractivity contribution in [3.63, 3.8) is 0 Å². The van der Waals surface area contributed by atoms with Crippen LogP contribution in [0.25, 0.3) is 0 Å². The second kappa shape index (κ2) is 7.53. The summed E-state index contributed by atoms with van der Waals surface area (Å²) in [7, 11) is -1.66. The summed E-state index contributed by atoms with van der Waals surface area (Å²) >= 11 is 0. The van der Waals surface area contributed by atoms with E-state index in [0.717, 1.165) is 31.2 Å². The van der Waals surface area contributed by atoms with Crippen molar-refractivity contribution in [1.82, 2.24) is 4.90 Å². The Bertz CT molecular complexity index is 626. The Balaban J connectivity index is 1.59. The van der Waals surface area contributed by atoms with E-state index in [1.165, 1.54) is 18.4 Å². The quantitative estimate of drug-likeness (QED) is 0.659. The molecule has 26 heavy (non-hydrogen) atoms. The van der Waals surface area contributed by atoms with Gasteiger partial charge in [-0.3, -0.25) is 4.90 Å². The van der Waals surface area contributed by atoms with E-state index in [1.807, 2.05) is 6.07 Å². The van der Waals surface area contributed by atoms with E-state index in [4.69, 9.17) is 13.9 Å². The van der Waals surface area contributed by atoms with E-state index in [9.17, 15) is 0 Å². The minimum atomic E-state index is -1.66. The van der Waals surface area contributed by atoms with Crippen molar-refractivity contribution in [3.8, 4) is 11.5 Å². The molecule has 1 aromatic carbocycles. The van der Waals surface area contributed by atoms with Crippen molar-refractivity contribution in [2.45, 2.75) is 64.7 Å². The third kappa shape index (κ3) is 4.26. The van der Waals surface area contributed by atoms with Gasteiger partial charge in [-0.1, -0.05) is 26.8 Å². The molecule has 0 aliphatic carbocycles. The Morgan fingerprint density at radius 3 is 2.69 bits per heavy atom. The molecule has 0 spiro atoms. The van der Waals surface area contributed by atoms with Gasteiger partial charge in [0.25, 0.3) is 0 Å². The van der Waals surface area contributed by atoms with E-state index in [0.29, 0.717) is 18.8 Å². The van der Waals surface area contributed by atoms with Crippen LogP contribution in [0.15, 0.2) is 18.2 Å². The summed E-state index contributed by atoms with van der Waals surface area (Å²) in [6, 6.07) is 6.74. The van der Waals surface area contributed by atoms with Gasteiger partial charge in [0, 0.05) is 19.2 Å². The molecule has 2 aliphatic rings. The molecule has 2 unspecified atom stereocenters. The van der Waals surface area contributed by atoms with E-state index in [1.54, 1.807) is 0 Å². The monoisotopic (exact) mass is 377 g/mol. The fourth-order valence-corrected chi connectivity index (χ4v) is 4.60. The standard InChI is InChI=1S/C21H35NO3Si/c1-16(18-9-10-19-20(12-18)24-15-23-19)22-11-7-8-17(13-22)14-25-26(5,6)21(2,3)4/h9-10,12,16-17H,7-8,11,13-15H2,1-6H3. The topological polar surface area (TPSA) is 30.9 Å². The first-order valence-corrected chi connectivity index (χ1v) is 12.9. The van der Waals surface area contributed by atoms with E-state index >= 15 is 0 Å². The van der Waals surface area contributed by atoms with Crippen molar-refractivity contribution in [3.05, 3.63) is 23.8 Å². The molecule has 2 atom stereocenters. The van der Waals surface area contributed by atoms with Gasteiger partial charge >= 0.3 is 0 Å². The number of hydrogen-bond donors (Lipinski definition) is 0. The molecule has 5 heteroatoms. The molecule has 2 heterocycles. The van der Waals surface area contributed by atoms with Crippen LogP contribution < -0.4 is 9.47 Å². The Hall–Kier alpha value is -1.04. The first kappa shape index (κ1) is 19.7. The second-order valence-corrected chi connectivity index (χ2v) is 14.2. The molecule has 146 valence electrons. The smallest absolute Gasteiger partial charge is 0.231 e. The number of likely N-dealkylation sites (tertiary alicyclic amines) is 1. The van der Waals surface area contributed by atoms with Gasteiger partial charge < -0.3 is 13.9 Å². The van der Waals surface area contributed by atoms with Gasteiger partial charge in [-0.25, -0.2) is 0 Å². The molecule has 0 bridgehead atoms. The second-order valence-electron chi connectivity index (χ2n) is 9.36. The van der Waals surface area contributed by atoms with Gasteiger partial charge in [-0.15, -0.1) is 0 Å². The van der Waals surface area contributed by atoms with Crippen molar-refractivity contribution in [1.29, 1.82) is 0 Å². The normalized spacial score (nSPS) is 22.5. The Kier molecular flexibility index (Phi) is 5.71. The lowest BCUT2D eigenvalue weighted by Crippen LogP contribution is -2.44. The SMILES string of the molecule is CC(c1ccc2c(c1)OCO2)N1CCCC(CO[Si](C)(C)C(C)(C)C)C1. The van der Waals surface area contributed by atoms with E-state index in [-0.39, 0.29) is 5.04 Å². The van der Waals surface area contributed by atoms with Crippen molar-refractivity contribution >= 4 is 8.32 Å². The van der Waals surface area contributed by atoms with Crippen molar-refractivity contribution in [2.75, 3.05) is 26.5 Å². The van der Waals surface area contributed by atoms with Gasteiger partial charge in [0.05, 0.1) is 0 Å². The molecule has 1 aromatic rings. The van der Waals surface area contributed by atoms with Crippen LogP contribution in [-0.2, 0) is 4.43 Å². The van der Waals surface area contributed by atoms with E-state index < -0.39 is 8.32 Å². The van der Waals surface area contributed by atoms with Crippen LogP contribution in [0, 0.1) is 5.92 Å². The fraction of sp³-hybridized carbons (Fsp3) is 0.714. The molecular formula is C21H35NO3Si. The van der Waals surface area contributed by atoms with Crippen LogP contribution in [0.2, 0.25) is 18.1 Å². The van der Waals surface area contributed by atoms with Gasteiger partial charge in [0.2, 0.25) is 6.79 Å². The maximum absolute atomic E-state index is 6.50. The summed E-state index contributed by atoms with van der Waals surface area (Å²) in [5.41, 5.74) is 1.31. The Morgan fingerprint density at radius 2 is 1.96 bits per heavy atom. The molecule has 3 rings (SSSR count). The summed E-state index contributed by atoms with van der Waals surface area (Å²) in [4.78, 5) is 2.60. The summed E-state index contributed by atoms with van der Waals surface area (Å²) in [6.45, 7) is 17.5. The molecular weight excluding hydrogens is 342 g/mol. The predicted molar refractivity (Wildman–Crippen MR) is 108 cm³/mol. The summed E-state index contributed by atoms with van der Waals surface area (Å²) in [5.74, 6) is 2.37. The van der Waals surface area contributed by atoms with Crippen LogP contribution in [-0.4, -0.2) is 39.7 Å². The molecule has 0 amide bonds. The van der Waals surface area contributed by atoms with Gasteiger partial charge in [-0.05, 0) is 68.1 Å². The van der Waals surface area contributed by atoms with Crippen LogP contribution in [0.4, 0.5) is 0 Å². The molecule has 4 nitrogen and oxygen atoms in total. The first-order valence-electron chi connectivity index (χ1n) is 9.95. The number of hydrogen-bond acceptors (Lipinski definition) is 4. The largest absolute Gasteiger partial charge is 0.454 e. The molecule has 2 aliphatic heterocycles. The highest BCUT2D eigenvalue weighted by molar-refractivity contribution is 6.74. The maximum atomic E-state index is 6.50. The molecule has 1 fully saturated rings. The number of ether oxygens (including phenoxy) is 2. The number of rotatable bonds is 5. The van der Waals surface area contributed by atoms with Crippen LogP contribution in [0.1, 0.15) is 52.1 Å². The molecule has 0 radical (unpaired) electrons. The lowest BCUT2D eigenvalue weighted by molar-refractivity contribution is 0.0963. The maximum Gasteiger partial charge on any atom is 0.231 e. The number of nitrogens with zero attached hydrogens (tertiary/aromatic N) is 1. The summed E-state index contributed by atoms with van der Waals surface area (Å²) < 4.78 is 17.5. The highest BCUT2D eigenvalue weighted by Gasteiger charge is 2.38. The first-order chi connectivity index (χ1) is 12.2. The van der Waals surface area contributed by atoms with Crippen molar-refractivity contribution < 1.29 is 13.9 Å². The Morgan fingerprint density at radius 1 is 1.23 bits per heavy atom. The molecule has 0 aromatic heterocycles. The molecule has 1 saturated heterocycles. The van der Waals surface area contributed by atoms with Crippen LogP contribution in [0.3, 0.4) is 0 Å². The van der Waals surface area contributed by atoms with Crippen LogP contribution in [0.5, 0.6) is 11.5 Å². The zero-order chi connectivity index (χ0) is 18.9. The fourth-order valence-electron chi connectivity index (χ4n) is 3.51. The number of fused-ring (bicyclic) bond motifs is 1. The zero-order valence-electron chi connectivity index (χ0n) is 17.3. The average Bonchev–Trinajstić information content (AvgIpc) is 3.06. The molecule has 0 N–H and O–H groups in total. The summed E-state index contributed by atoms with van der Waals surface area (Å²) in [6.07, 6.45) is 2.53. The minimum absolute atomic E-state index is 0.279. The Labute approximate surface area is 159 Å². The highest BCUT2D eigenvalue weighted by atomic mass is 28.4. The van der Waals surface area contributed by atoms with E-state index in [2.05, 4.69) is 57.8 Å². The van der Waals surface area contributed by atoms with Gasteiger partial charge in [-0.2, -0.15) is 0 Å². The lowest BCUT2D eigenvalue weighted by atomic mass is 9.96. The number of piperidine rings is 1. The highest BCUT2D eigenvalue weighted by Crippen LogP contribution is 2.38. The minimum Gasteiger partial charge on any atom is -0.454 e. The third-order valence-corrected chi connectivity index (χ3v) is 11.0. The predicted octanol–water partition coefficient (Wildman–Crippen LogP) is 5.21. The third-order valence-electron chi connectivity index (χ3n) is 6.46. The average molecular weight is 378 g/mol. The summed E-state index contributed by atoms with van der Waals surface area (Å²) in [5, 5.41) is 0.279. The lowest BCUT2D eigenvalue weighted by Gasteiger charge is -2.40. The van der Waals surface area contributed by atoms with Crippen LogP contribution >= 0.6 is 0 Å². The number of benzene rings is 1. The van der Waals surface area contributed by atoms with Gasteiger partial charge in [0.15, 0.2) is 19.8 Å².